The summed E-state index contributed by atoms with van der Waals surface area (Å²) < 4.78 is 4.86. The molecule has 3 heteroatoms. The SMILES string of the molecule is CCCCC(C)C(=O)OCC.Cl. The van der Waals surface area contributed by atoms with Crippen LogP contribution in [0.15, 0.2) is 0 Å². The molecule has 0 aliphatic carbocycles. The van der Waals surface area contributed by atoms with Crippen molar-refractivity contribution in [3.63, 3.8) is 0 Å². The van der Waals surface area contributed by atoms with Gasteiger partial charge in [-0.05, 0) is 13.3 Å². The first-order chi connectivity index (χ1) is 5.22. The zero-order chi connectivity index (χ0) is 8.69. The van der Waals surface area contributed by atoms with Crippen LogP contribution in [0.5, 0.6) is 0 Å². The van der Waals surface area contributed by atoms with Crippen LogP contribution in [0.2, 0.25) is 0 Å². The maximum Gasteiger partial charge on any atom is 0.308 e. The zero-order valence-corrected chi connectivity index (χ0v) is 8.95. The largest absolute Gasteiger partial charge is 0.466 e. The molecule has 0 aliphatic heterocycles. The van der Waals surface area contributed by atoms with Gasteiger partial charge in [0.15, 0.2) is 0 Å². The van der Waals surface area contributed by atoms with Crippen molar-refractivity contribution in [2.75, 3.05) is 6.61 Å². The number of esters is 1. The Hall–Kier alpha value is -0.240. The van der Waals surface area contributed by atoms with Crippen molar-refractivity contribution in [1.29, 1.82) is 0 Å². The quantitative estimate of drug-likeness (QED) is 0.630. The second-order valence-corrected chi connectivity index (χ2v) is 2.80. The Labute approximate surface area is 81.1 Å². The molecule has 0 saturated carbocycles. The highest BCUT2D eigenvalue weighted by Crippen LogP contribution is 2.08. The summed E-state index contributed by atoms with van der Waals surface area (Å²) in [5.41, 5.74) is 0. The maximum absolute atomic E-state index is 11.0. The van der Waals surface area contributed by atoms with Gasteiger partial charge in [-0.1, -0.05) is 26.7 Å². The third-order valence-electron chi connectivity index (χ3n) is 1.68. The molecule has 12 heavy (non-hydrogen) atoms. The third kappa shape index (κ3) is 6.47. The predicted octanol–water partition coefficient (Wildman–Crippen LogP) is 2.80. The van der Waals surface area contributed by atoms with E-state index >= 15 is 0 Å². The Balaban J connectivity index is 0. The Bertz CT molecular complexity index is 115. The summed E-state index contributed by atoms with van der Waals surface area (Å²) in [6, 6.07) is 0. The molecule has 0 aliphatic rings. The van der Waals surface area contributed by atoms with E-state index in [0.29, 0.717) is 6.61 Å². The minimum Gasteiger partial charge on any atom is -0.466 e. The van der Waals surface area contributed by atoms with Crippen molar-refractivity contribution >= 4 is 18.4 Å². The molecule has 0 aromatic carbocycles. The van der Waals surface area contributed by atoms with Crippen molar-refractivity contribution in [2.24, 2.45) is 5.92 Å². The molecule has 0 bridgehead atoms. The van der Waals surface area contributed by atoms with Crippen molar-refractivity contribution in [1.82, 2.24) is 0 Å². The second kappa shape index (κ2) is 8.85. The molecule has 0 spiro atoms. The lowest BCUT2D eigenvalue weighted by atomic mass is 10.1. The normalized spacial score (nSPS) is 11.6. The van der Waals surface area contributed by atoms with E-state index < -0.39 is 0 Å². The smallest absolute Gasteiger partial charge is 0.308 e. The van der Waals surface area contributed by atoms with E-state index in [-0.39, 0.29) is 24.3 Å². The van der Waals surface area contributed by atoms with Crippen LogP contribution in [0.1, 0.15) is 40.0 Å². The van der Waals surface area contributed by atoms with E-state index in [1.165, 1.54) is 0 Å². The molecule has 0 saturated heterocycles. The standard InChI is InChI=1S/C9H18O2.ClH/c1-4-6-7-8(3)9(10)11-5-2;/h8H,4-7H2,1-3H3;1H. The minimum atomic E-state index is -0.0547. The fraction of sp³-hybridized carbons (Fsp3) is 0.889. The summed E-state index contributed by atoms with van der Waals surface area (Å²) in [5, 5.41) is 0. The fourth-order valence-corrected chi connectivity index (χ4v) is 0.913. The summed E-state index contributed by atoms with van der Waals surface area (Å²) in [6.45, 7) is 6.38. The Morgan fingerprint density at radius 2 is 2.00 bits per heavy atom. The van der Waals surface area contributed by atoms with Gasteiger partial charge < -0.3 is 4.74 Å². The summed E-state index contributed by atoms with van der Waals surface area (Å²) in [6.07, 6.45) is 3.21. The lowest BCUT2D eigenvalue weighted by Gasteiger charge is -2.08. The molecule has 0 rings (SSSR count). The van der Waals surface area contributed by atoms with Gasteiger partial charge in [0.2, 0.25) is 0 Å². The van der Waals surface area contributed by atoms with Crippen molar-refractivity contribution < 1.29 is 9.53 Å². The average Bonchev–Trinajstić information content (AvgIpc) is 2.00. The molecule has 0 aromatic rings. The van der Waals surface area contributed by atoms with E-state index in [0.717, 1.165) is 19.3 Å². The molecule has 0 amide bonds. The summed E-state index contributed by atoms with van der Waals surface area (Å²) in [4.78, 5) is 11.0. The summed E-state index contributed by atoms with van der Waals surface area (Å²) in [7, 11) is 0. The molecule has 74 valence electrons. The predicted molar refractivity (Wildman–Crippen MR) is 52.6 cm³/mol. The van der Waals surface area contributed by atoms with Gasteiger partial charge >= 0.3 is 5.97 Å². The van der Waals surface area contributed by atoms with Crippen molar-refractivity contribution in [3.05, 3.63) is 0 Å². The molecule has 1 atom stereocenters. The summed E-state index contributed by atoms with van der Waals surface area (Å²) >= 11 is 0. The number of ether oxygens (including phenoxy) is 1. The molecule has 0 fully saturated rings. The number of halogens is 1. The van der Waals surface area contributed by atoms with Gasteiger partial charge in [0.25, 0.3) is 0 Å². The topological polar surface area (TPSA) is 26.3 Å². The van der Waals surface area contributed by atoms with Gasteiger partial charge in [0, 0.05) is 0 Å². The van der Waals surface area contributed by atoms with E-state index in [9.17, 15) is 4.79 Å². The van der Waals surface area contributed by atoms with E-state index in [1.54, 1.807) is 0 Å². The van der Waals surface area contributed by atoms with Gasteiger partial charge in [0.05, 0.1) is 12.5 Å². The first-order valence-corrected chi connectivity index (χ1v) is 4.39. The van der Waals surface area contributed by atoms with Crippen LogP contribution in [0, 0.1) is 5.92 Å². The average molecular weight is 195 g/mol. The van der Waals surface area contributed by atoms with Crippen LogP contribution in [-0.4, -0.2) is 12.6 Å². The van der Waals surface area contributed by atoms with Crippen LogP contribution < -0.4 is 0 Å². The number of unbranched alkanes of at least 4 members (excludes halogenated alkanes) is 1. The molecule has 0 aromatic heterocycles. The lowest BCUT2D eigenvalue weighted by Crippen LogP contribution is -2.14. The van der Waals surface area contributed by atoms with Gasteiger partial charge in [-0.15, -0.1) is 12.4 Å². The minimum absolute atomic E-state index is 0. The van der Waals surface area contributed by atoms with Crippen LogP contribution in [0.3, 0.4) is 0 Å². The third-order valence-corrected chi connectivity index (χ3v) is 1.68. The number of hydrogen-bond donors (Lipinski definition) is 0. The highest BCUT2D eigenvalue weighted by atomic mass is 35.5. The Morgan fingerprint density at radius 1 is 1.42 bits per heavy atom. The van der Waals surface area contributed by atoms with Crippen LogP contribution in [0.25, 0.3) is 0 Å². The molecule has 0 radical (unpaired) electrons. The molecule has 2 nitrogen and oxygen atoms in total. The van der Waals surface area contributed by atoms with Crippen LogP contribution >= 0.6 is 12.4 Å². The van der Waals surface area contributed by atoms with Crippen LogP contribution in [-0.2, 0) is 9.53 Å². The lowest BCUT2D eigenvalue weighted by molar-refractivity contribution is -0.147. The molecule has 1 unspecified atom stereocenters. The van der Waals surface area contributed by atoms with Gasteiger partial charge in [-0.3, -0.25) is 4.79 Å². The Morgan fingerprint density at radius 3 is 2.42 bits per heavy atom. The van der Waals surface area contributed by atoms with E-state index in [1.807, 2.05) is 13.8 Å². The van der Waals surface area contributed by atoms with Crippen molar-refractivity contribution in [3.8, 4) is 0 Å². The number of rotatable bonds is 5. The number of hydrogen-bond acceptors (Lipinski definition) is 2. The Kier molecular flexibility index (Phi) is 10.5. The zero-order valence-electron chi connectivity index (χ0n) is 8.13. The number of carbonyl (C=O) groups excluding carboxylic acids is 1. The molecular weight excluding hydrogens is 176 g/mol. The molecular formula is C9H19ClO2. The van der Waals surface area contributed by atoms with E-state index in [4.69, 9.17) is 4.74 Å². The highest BCUT2D eigenvalue weighted by Gasteiger charge is 2.11. The highest BCUT2D eigenvalue weighted by molar-refractivity contribution is 5.85. The molecule has 0 heterocycles. The van der Waals surface area contributed by atoms with Crippen molar-refractivity contribution in [2.45, 2.75) is 40.0 Å². The number of carbonyl (C=O) groups is 1. The maximum atomic E-state index is 11.0. The van der Waals surface area contributed by atoms with E-state index in [2.05, 4.69) is 6.92 Å². The van der Waals surface area contributed by atoms with Crippen LogP contribution in [0.4, 0.5) is 0 Å². The van der Waals surface area contributed by atoms with Gasteiger partial charge in [-0.25, -0.2) is 0 Å². The summed E-state index contributed by atoms with van der Waals surface area (Å²) in [5.74, 6) is 0.0239. The first-order valence-electron chi connectivity index (χ1n) is 4.39. The monoisotopic (exact) mass is 194 g/mol. The van der Waals surface area contributed by atoms with Gasteiger partial charge in [0.1, 0.15) is 0 Å². The van der Waals surface area contributed by atoms with Gasteiger partial charge in [-0.2, -0.15) is 0 Å². The molecule has 0 N–H and O–H groups in total. The second-order valence-electron chi connectivity index (χ2n) is 2.80. The fourth-order valence-electron chi connectivity index (χ4n) is 0.913. The first kappa shape index (κ1) is 14.3.